The molecule has 1 rings (SSSR count). The first-order valence-electron chi connectivity index (χ1n) is 4.09. The second-order valence-electron chi connectivity index (χ2n) is 2.79. The number of carboxylic acid groups (broad SMARTS) is 1. The van der Waals surface area contributed by atoms with Gasteiger partial charge in [0.05, 0.1) is 17.2 Å². The van der Waals surface area contributed by atoms with Gasteiger partial charge in [0, 0.05) is 5.56 Å². The summed E-state index contributed by atoms with van der Waals surface area (Å²) in [5.41, 5.74) is 0.498. The van der Waals surface area contributed by atoms with E-state index in [-0.39, 0.29) is 16.9 Å². The third-order valence-corrected chi connectivity index (χ3v) is 1.94. The zero-order valence-electron chi connectivity index (χ0n) is 7.61. The van der Waals surface area contributed by atoms with Gasteiger partial charge in [0.25, 0.3) is 0 Å². The van der Waals surface area contributed by atoms with Crippen molar-refractivity contribution in [2.45, 2.75) is 13.3 Å². The molecule has 14 heavy (non-hydrogen) atoms. The normalized spacial score (nSPS) is 9.43. The fraction of sp³-hybridized carbons (Fsp3) is 0.200. The van der Waals surface area contributed by atoms with Crippen molar-refractivity contribution in [2.75, 3.05) is 0 Å². The molecule has 0 aliphatic heterocycles. The summed E-state index contributed by atoms with van der Waals surface area (Å²) in [4.78, 5) is 10.8. The first-order chi connectivity index (χ1) is 6.60. The number of carbonyl (C=O) groups is 1. The molecule has 0 amide bonds. The molecule has 0 spiro atoms. The van der Waals surface area contributed by atoms with Crippen LogP contribution in [0, 0.1) is 11.3 Å². The lowest BCUT2D eigenvalue weighted by Gasteiger charge is -2.06. The summed E-state index contributed by atoms with van der Waals surface area (Å²) < 4.78 is 0. The van der Waals surface area contributed by atoms with Crippen molar-refractivity contribution in [1.29, 1.82) is 5.26 Å². The number of rotatable bonds is 2. The molecule has 1 aromatic carbocycles. The zero-order valence-corrected chi connectivity index (χ0v) is 7.61. The molecule has 0 fully saturated rings. The summed E-state index contributed by atoms with van der Waals surface area (Å²) >= 11 is 0. The Balaban J connectivity index is 3.45. The number of benzene rings is 1. The van der Waals surface area contributed by atoms with Crippen LogP contribution in [-0.2, 0) is 6.42 Å². The van der Waals surface area contributed by atoms with Gasteiger partial charge >= 0.3 is 5.97 Å². The van der Waals surface area contributed by atoms with E-state index in [1.165, 1.54) is 12.1 Å². The highest BCUT2D eigenvalue weighted by Gasteiger charge is 2.14. The van der Waals surface area contributed by atoms with Gasteiger partial charge in [-0.2, -0.15) is 5.26 Å². The van der Waals surface area contributed by atoms with Gasteiger partial charge in [-0.25, -0.2) is 4.79 Å². The third-order valence-electron chi connectivity index (χ3n) is 1.94. The molecule has 1 aromatic rings. The molecular formula is C10H9NO3. The third kappa shape index (κ3) is 1.67. The van der Waals surface area contributed by atoms with E-state index in [2.05, 4.69) is 0 Å². The first kappa shape index (κ1) is 10.1. The van der Waals surface area contributed by atoms with E-state index >= 15 is 0 Å². The van der Waals surface area contributed by atoms with E-state index in [1.54, 1.807) is 13.0 Å². The van der Waals surface area contributed by atoms with Gasteiger partial charge in [-0.3, -0.25) is 0 Å². The maximum atomic E-state index is 10.8. The van der Waals surface area contributed by atoms with Gasteiger partial charge in [-0.05, 0) is 18.6 Å². The summed E-state index contributed by atoms with van der Waals surface area (Å²) in [6.07, 6.45) is 0.416. The number of phenols is 1. The summed E-state index contributed by atoms with van der Waals surface area (Å²) in [5, 5.41) is 26.8. The first-order valence-corrected chi connectivity index (χ1v) is 4.09. The van der Waals surface area contributed by atoms with E-state index in [9.17, 15) is 9.90 Å². The number of nitriles is 1. The lowest BCUT2D eigenvalue weighted by Crippen LogP contribution is -2.02. The molecule has 0 bridgehead atoms. The van der Waals surface area contributed by atoms with Crippen molar-refractivity contribution >= 4 is 5.97 Å². The fourth-order valence-electron chi connectivity index (χ4n) is 1.28. The Morgan fingerprint density at radius 2 is 2.21 bits per heavy atom. The summed E-state index contributed by atoms with van der Waals surface area (Å²) in [7, 11) is 0. The highest BCUT2D eigenvalue weighted by Crippen LogP contribution is 2.23. The van der Waals surface area contributed by atoms with E-state index in [0.29, 0.717) is 12.0 Å². The number of aromatic hydroxyl groups is 1. The Morgan fingerprint density at radius 1 is 1.57 bits per heavy atom. The predicted octanol–water partition coefficient (Wildman–Crippen LogP) is 1.52. The van der Waals surface area contributed by atoms with Crippen LogP contribution >= 0.6 is 0 Å². The van der Waals surface area contributed by atoms with Crippen LogP contribution in [0.3, 0.4) is 0 Å². The number of phenolic OH excluding ortho intramolecular Hbond substituents is 1. The zero-order chi connectivity index (χ0) is 10.7. The van der Waals surface area contributed by atoms with Gasteiger partial charge in [0.1, 0.15) is 5.75 Å². The van der Waals surface area contributed by atoms with Crippen LogP contribution in [0.25, 0.3) is 0 Å². The number of hydrogen-bond donors (Lipinski definition) is 2. The van der Waals surface area contributed by atoms with Gasteiger partial charge < -0.3 is 10.2 Å². The largest absolute Gasteiger partial charge is 0.508 e. The van der Waals surface area contributed by atoms with Crippen LogP contribution in [0.1, 0.15) is 28.4 Å². The Kier molecular flexibility index (Phi) is 2.73. The molecule has 0 atom stereocenters. The van der Waals surface area contributed by atoms with Crippen molar-refractivity contribution in [3.05, 3.63) is 28.8 Å². The Labute approximate surface area is 81.0 Å². The smallest absolute Gasteiger partial charge is 0.336 e. The Bertz CT molecular complexity index is 418. The number of nitrogens with zero attached hydrogens (tertiary/aromatic N) is 1. The maximum Gasteiger partial charge on any atom is 0.336 e. The van der Waals surface area contributed by atoms with Crippen LogP contribution in [0.5, 0.6) is 5.75 Å². The minimum Gasteiger partial charge on any atom is -0.508 e. The monoisotopic (exact) mass is 191 g/mol. The molecule has 0 unspecified atom stereocenters. The quantitative estimate of drug-likeness (QED) is 0.742. The molecule has 0 aliphatic carbocycles. The van der Waals surface area contributed by atoms with Crippen molar-refractivity contribution in [3.8, 4) is 11.8 Å². The van der Waals surface area contributed by atoms with Crippen molar-refractivity contribution in [3.63, 3.8) is 0 Å². The van der Waals surface area contributed by atoms with Crippen molar-refractivity contribution in [1.82, 2.24) is 0 Å². The molecule has 0 heterocycles. The molecule has 0 saturated carbocycles. The molecule has 0 aromatic heterocycles. The van der Waals surface area contributed by atoms with Gasteiger partial charge in [-0.1, -0.05) is 6.92 Å². The molecule has 72 valence electrons. The van der Waals surface area contributed by atoms with Crippen LogP contribution in [0.15, 0.2) is 12.1 Å². The minimum absolute atomic E-state index is 0.0101. The second-order valence-corrected chi connectivity index (χ2v) is 2.79. The SMILES string of the molecule is CCc1c(O)cc(C#N)cc1C(=O)O. The topological polar surface area (TPSA) is 81.3 Å². The van der Waals surface area contributed by atoms with E-state index in [0.717, 1.165) is 0 Å². The highest BCUT2D eigenvalue weighted by molar-refractivity contribution is 5.90. The molecular weight excluding hydrogens is 182 g/mol. The van der Waals surface area contributed by atoms with Crippen molar-refractivity contribution < 1.29 is 15.0 Å². The number of hydrogen-bond acceptors (Lipinski definition) is 3. The highest BCUT2D eigenvalue weighted by atomic mass is 16.4. The lowest BCUT2D eigenvalue weighted by molar-refractivity contribution is 0.0695. The molecule has 2 N–H and O–H groups in total. The van der Waals surface area contributed by atoms with E-state index in [1.807, 2.05) is 0 Å². The molecule has 0 radical (unpaired) electrons. The van der Waals surface area contributed by atoms with Crippen LogP contribution in [0.2, 0.25) is 0 Å². The van der Waals surface area contributed by atoms with Crippen LogP contribution in [-0.4, -0.2) is 16.2 Å². The molecule has 4 heteroatoms. The Hall–Kier alpha value is -2.02. The van der Waals surface area contributed by atoms with E-state index < -0.39 is 5.97 Å². The van der Waals surface area contributed by atoms with Gasteiger partial charge in [0.15, 0.2) is 0 Å². The number of carboxylic acids is 1. The second kappa shape index (κ2) is 3.79. The molecule has 4 nitrogen and oxygen atoms in total. The minimum atomic E-state index is -1.13. The van der Waals surface area contributed by atoms with Gasteiger partial charge in [0.2, 0.25) is 0 Å². The average Bonchev–Trinajstić information content (AvgIpc) is 2.16. The maximum absolute atomic E-state index is 10.8. The van der Waals surface area contributed by atoms with Crippen LogP contribution < -0.4 is 0 Å². The fourth-order valence-corrected chi connectivity index (χ4v) is 1.28. The van der Waals surface area contributed by atoms with Gasteiger partial charge in [-0.15, -0.1) is 0 Å². The van der Waals surface area contributed by atoms with Crippen LogP contribution in [0.4, 0.5) is 0 Å². The van der Waals surface area contributed by atoms with Crippen molar-refractivity contribution in [2.24, 2.45) is 0 Å². The molecule has 0 aliphatic rings. The lowest BCUT2D eigenvalue weighted by atomic mass is 10.0. The standard InChI is InChI=1S/C10H9NO3/c1-2-7-8(10(13)14)3-6(5-11)4-9(7)12/h3-4,12H,2H2,1H3,(H,13,14). The Morgan fingerprint density at radius 3 is 2.64 bits per heavy atom. The summed E-state index contributed by atoms with van der Waals surface area (Å²) in [6.45, 7) is 1.74. The predicted molar refractivity (Wildman–Crippen MR) is 49.2 cm³/mol. The summed E-state index contributed by atoms with van der Waals surface area (Å²) in [5.74, 6) is -1.27. The number of aromatic carboxylic acids is 1. The summed E-state index contributed by atoms with van der Waals surface area (Å²) in [6, 6.07) is 4.32. The van der Waals surface area contributed by atoms with E-state index in [4.69, 9.17) is 10.4 Å². The average molecular weight is 191 g/mol. The molecule has 0 saturated heterocycles.